The number of hydrogen-bond acceptors (Lipinski definition) is 4. The molecule has 23 heavy (non-hydrogen) atoms. The maximum atomic E-state index is 12.3. The fourth-order valence-electron chi connectivity index (χ4n) is 2.71. The largest absolute Gasteiger partial charge is 0.507 e. The van der Waals surface area contributed by atoms with Crippen LogP contribution < -0.4 is 5.32 Å². The molecule has 6 heteroatoms. The molecule has 1 aromatic carbocycles. The Morgan fingerprint density at radius 3 is 2.52 bits per heavy atom. The van der Waals surface area contributed by atoms with Gasteiger partial charge in [0.2, 0.25) is 0 Å². The number of phenolic OH excluding ortho intramolecular Hbond substituents is 1. The third kappa shape index (κ3) is 3.53. The molecule has 0 radical (unpaired) electrons. The van der Waals surface area contributed by atoms with Crippen molar-refractivity contribution in [1.82, 2.24) is 10.2 Å². The van der Waals surface area contributed by atoms with E-state index in [-0.39, 0.29) is 29.2 Å². The maximum absolute atomic E-state index is 12.3. The van der Waals surface area contributed by atoms with Crippen LogP contribution in [-0.2, 0) is 0 Å². The lowest BCUT2D eigenvalue weighted by atomic mass is 10.0. The molecule has 2 heterocycles. The summed E-state index contributed by atoms with van der Waals surface area (Å²) in [4.78, 5) is 27.0. The third-order valence-electron chi connectivity index (χ3n) is 4.00. The monoisotopic (exact) mass is 330 g/mol. The summed E-state index contributed by atoms with van der Waals surface area (Å²) in [6.07, 6.45) is 1.44. The molecule has 0 unspecified atom stereocenters. The normalized spacial score (nSPS) is 15.4. The molecule has 120 valence electrons. The van der Waals surface area contributed by atoms with E-state index in [0.29, 0.717) is 13.1 Å². The third-order valence-corrected chi connectivity index (χ3v) is 4.86. The number of carbonyl (C=O) groups is 2. The number of hydrogen-bond donors (Lipinski definition) is 2. The lowest BCUT2D eigenvalue weighted by Crippen LogP contribution is -2.46. The molecular formula is C17H18N2O3S. The van der Waals surface area contributed by atoms with Crippen LogP contribution in [0.1, 0.15) is 32.9 Å². The van der Waals surface area contributed by atoms with E-state index in [4.69, 9.17) is 0 Å². The maximum Gasteiger partial charge on any atom is 0.263 e. The van der Waals surface area contributed by atoms with Gasteiger partial charge in [0, 0.05) is 19.1 Å². The second-order valence-corrected chi connectivity index (χ2v) is 6.48. The van der Waals surface area contributed by atoms with Crippen LogP contribution >= 0.6 is 11.3 Å². The topological polar surface area (TPSA) is 69.6 Å². The molecule has 1 saturated heterocycles. The zero-order valence-electron chi connectivity index (χ0n) is 12.6. The summed E-state index contributed by atoms with van der Waals surface area (Å²) in [5, 5.41) is 14.5. The number of amides is 2. The van der Waals surface area contributed by atoms with E-state index >= 15 is 0 Å². The minimum absolute atomic E-state index is 0.0182. The number of piperidine rings is 1. The van der Waals surface area contributed by atoms with Gasteiger partial charge in [0.1, 0.15) is 5.75 Å². The molecule has 0 aliphatic carbocycles. The highest BCUT2D eigenvalue weighted by molar-refractivity contribution is 7.12. The summed E-state index contributed by atoms with van der Waals surface area (Å²) in [5.41, 5.74) is 0.282. The smallest absolute Gasteiger partial charge is 0.263 e. The molecule has 1 aliphatic heterocycles. The first-order valence-corrected chi connectivity index (χ1v) is 8.45. The van der Waals surface area contributed by atoms with Gasteiger partial charge in [-0.1, -0.05) is 18.2 Å². The van der Waals surface area contributed by atoms with Crippen molar-refractivity contribution in [2.75, 3.05) is 13.1 Å². The summed E-state index contributed by atoms with van der Waals surface area (Å²) >= 11 is 1.45. The van der Waals surface area contributed by atoms with Gasteiger partial charge in [0.25, 0.3) is 11.8 Å². The summed E-state index contributed by atoms with van der Waals surface area (Å²) in [5.74, 6) is -0.230. The number of para-hydroxylation sites is 1. The van der Waals surface area contributed by atoms with Crippen molar-refractivity contribution < 1.29 is 14.7 Å². The number of likely N-dealkylation sites (tertiary alicyclic amines) is 1. The van der Waals surface area contributed by atoms with Crippen LogP contribution in [-0.4, -0.2) is 41.0 Å². The van der Waals surface area contributed by atoms with Crippen LogP contribution in [0.25, 0.3) is 0 Å². The molecule has 0 saturated carbocycles. The van der Waals surface area contributed by atoms with E-state index in [1.807, 2.05) is 22.4 Å². The highest BCUT2D eigenvalue weighted by Crippen LogP contribution is 2.19. The Balaban J connectivity index is 1.54. The van der Waals surface area contributed by atoms with Crippen LogP contribution in [0.2, 0.25) is 0 Å². The summed E-state index contributed by atoms with van der Waals surface area (Å²) in [7, 11) is 0. The van der Waals surface area contributed by atoms with E-state index in [2.05, 4.69) is 5.32 Å². The molecule has 1 aliphatic rings. The van der Waals surface area contributed by atoms with Crippen LogP contribution in [0.5, 0.6) is 5.75 Å². The lowest BCUT2D eigenvalue weighted by Gasteiger charge is -2.32. The van der Waals surface area contributed by atoms with Crippen molar-refractivity contribution >= 4 is 23.2 Å². The second kappa shape index (κ2) is 6.83. The van der Waals surface area contributed by atoms with Crippen LogP contribution in [0, 0.1) is 0 Å². The van der Waals surface area contributed by atoms with Gasteiger partial charge in [-0.05, 0) is 36.4 Å². The van der Waals surface area contributed by atoms with Crippen molar-refractivity contribution in [3.8, 4) is 5.75 Å². The van der Waals surface area contributed by atoms with Crippen molar-refractivity contribution in [1.29, 1.82) is 0 Å². The zero-order chi connectivity index (χ0) is 16.2. The molecule has 2 N–H and O–H groups in total. The Morgan fingerprint density at radius 1 is 1.13 bits per heavy atom. The van der Waals surface area contributed by atoms with Crippen LogP contribution in [0.4, 0.5) is 0 Å². The first-order chi connectivity index (χ1) is 11.1. The second-order valence-electron chi connectivity index (χ2n) is 5.53. The number of phenols is 1. The number of nitrogens with one attached hydrogen (secondary N) is 1. The van der Waals surface area contributed by atoms with Crippen molar-refractivity contribution in [3.05, 3.63) is 52.2 Å². The zero-order valence-corrected chi connectivity index (χ0v) is 13.4. The first kappa shape index (κ1) is 15.6. The van der Waals surface area contributed by atoms with Gasteiger partial charge in [0.15, 0.2) is 0 Å². The Kier molecular flexibility index (Phi) is 4.62. The van der Waals surface area contributed by atoms with E-state index in [9.17, 15) is 14.7 Å². The molecule has 0 atom stereocenters. The van der Waals surface area contributed by atoms with Crippen LogP contribution in [0.15, 0.2) is 41.8 Å². The van der Waals surface area contributed by atoms with E-state index < -0.39 is 0 Å². The number of nitrogens with zero attached hydrogens (tertiary/aromatic N) is 1. The summed E-state index contributed by atoms with van der Waals surface area (Å²) in [6.45, 7) is 1.25. The number of aromatic hydroxyl groups is 1. The van der Waals surface area contributed by atoms with Gasteiger partial charge in [-0.15, -0.1) is 11.3 Å². The Labute approximate surface area is 138 Å². The van der Waals surface area contributed by atoms with E-state index in [0.717, 1.165) is 17.7 Å². The summed E-state index contributed by atoms with van der Waals surface area (Å²) < 4.78 is 0. The van der Waals surface area contributed by atoms with Gasteiger partial charge < -0.3 is 15.3 Å². The first-order valence-electron chi connectivity index (χ1n) is 7.57. The van der Waals surface area contributed by atoms with E-state index in [1.54, 1.807) is 18.2 Å². The molecular weight excluding hydrogens is 312 g/mol. The van der Waals surface area contributed by atoms with Crippen molar-refractivity contribution in [2.24, 2.45) is 0 Å². The Morgan fingerprint density at radius 2 is 1.87 bits per heavy atom. The molecule has 2 aromatic rings. The van der Waals surface area contributed by atoms with Crippen molar-refractivity contribution in [3.63, 3.8) is 0 Å². The number of carbonyl (C=O) groups excluding carboxylic acids is 2. The average Bonchev–Trinajstić information content (AvgIpc) is 3.09. The van der Waals surface area contributed by atoms with Gasteiger partial charge in [-0.2, -0.15) is 0 Å². The van der Waals surface area contributed by atoms with Crippen molar-refractivity contribution in [2.45, 2.75) is 18.9 Å². The number of thiophene rings is 1. The Hall–Kier alpha value is -2.34. The molecule has 5 nitrogen and oxygen atoms in total. The SMILES string of the molecule is O=C(NC1CCN(C(=O)c2cccs2)CC1)c1ccccc1O. The quantitative estimate of drug-likeness (QED) is 0.908. The van der Waals surface area contributed by atoms with Crippen LogP contribution in [0.3, 0.4) is 0 Å². The number of rotatable bonds is 3. The molecule has 2 amide bonds. The number of benzene rings is 1. The predicted octanol–water partition coefficient (Wildman–Crippen LogP) is 2.49. The minimum Gasteiger partial charge on any atom is -0.507 e. The summed E-state index contributed by atoms with van der Waals surface area (Å²) in [6, 6.07) is 10.2. The highest BCUT2D eigenvalue weighted by Gasteiger charge is 2.25. The Bertz CT molecular complexity index is 692. The minimum atomic E-state index is -0.272. The van der Waals surface area contributed by atoms with Gasteiger partial charge in [-0.25, -0.2) is 0 Å². The van der Waals surface area contributed by atoms with Gasteiger partial charge in [0.05, 0.1) is 10.4 Å². The molecule has 3 rings (SSSR count). The van der Waals surface area contributed by atoms with E-state index in [1.165, 1.54) is 17.4 Å². The van der Waals surface area contributed by atoms with Gasteiger partial charge in [-0.3, -0.25) is 9.59 Å². The fourth-order valence-corrected chi connectivity index (χ4v) is 3.40. The standard InChI is InChI=1S/C17H18N2O3S/c20-14-5-2-1-4-13(14)16(21)18-12-7-9-19(10-8-12)17(22)15-6-3-11-23-15/h1-6,11-12,20H,7-10H2,(H,18,21). The lowest BCUT2D eigenvalue weighted by molar-refractivity contribution is 0.0702. The fraction of sp³-hybridized carbons (Fsp3) is 0.294. The molecule has 0 bridgehead atoms. The molecule has 1 aromatic heterocycles. The highest BCUT2D eigenvalue weighted by atomic mass is 32.1. The molecule has 0 spiro atoms. The predicted molar refractivity (Wildman–Crippen MR) is 88.8 cm³/mol. The average molecular weight is 330 g/mol. The molecule has 1 fully saturated rings. The van der Waals surface area contributed by atoms with Gasteiger partial charge >= 0.3 is 0 Å².